The van der Waals surface area contributed by atoms with E-state index in [0.717, 1.165) is 11.8 Å². The highest BCUT2D eigenvalue weighted by Crippen LogP contribution is 2.17. The van der Waals surface area contributed by atoms with E-state index < -0.39 is 5.56 Å². The van der Waals surface area contributed by atoms with Crippen LogP contribution in [0.4, 0.5) is 11.6 Å². The number of nitrogen functional groups attached to an aromatic ring is 1. The number of nitrogens with zero attached hydrogens (tertiary/aromatic N) is 2. The predicted octanol–water partition coefficient (Wildman–Crippen LogP) is 0.556. The van der Waals surface area contributed by atoms with Crippen LogP contribution in [0.3, 0.4) is 0 Å². The summed E-state index contributed by atoms with van der Waals surface area (Å²) in [7, 11) is 0. The first-order chi connectivity index (χ1) is 10.6. The minimum absolute atomic E-state index is 0.107. The van der Waals surface area contributed by atoms with E-state index in [-0.39, 0.29) is 11.7 Å². The second-order valence-corrected chi connectivity index (χ2v) is 5.26. The summed E-state index contributed by atoms with van der Waals surface area (Å²) in [6.45, 7) is 4.05. The van der Waals surface area contributed by atoms with Crippen molar-refractivity contribution in [1.29, 1.82) is 0 Å². The van der Waals surface area contributed by atoms with E-state index in [1.54, 1.807) is 29.0 Å². The molecule has 1 amide bonds. The highest BCUT2D eigenvalue weighted by molar-refractivity contribution is 7.99. The number of carbonyl (C=O) groups excluding carboxylic acids is 1. The maximum Gasteiger partial charge on any atom is 0.317 e. The molecule has 114 valence electrons. The third-order valence-corrected chi connectivity index (χ3v) is 3.62. The van der Waals surface area contributed by atoms with E-state index in [0.29, 0.717) is 23.3 Å². The molecule has 0 unspecified atom stereocenters. The lowest BCUT2D eigenvalue weighted by Crippen LogP contribution is -2.22. The third-order valence-electron chi connectivity index (χ3n) is 2.65. The number of thioether (sulfide) groups is 1. The summed E-state index contributed by atoms with van der Waals surface area (Å²) in [6.07, 6.45) is 3.36. The second-order valence-electron chi connectivity index (χ2n) is 4.31. The van der Waals surface area contributed by atoms with Gasteiger partial charge in [0.1, 0.15) is 11.6 Å². The maximum absolute atomic E-state index is 11.9. The van der Waals surface area contributed by atoms with E-state index in [4.69, 9.17) is 5.73 Å². The van der Waals surface area contributed by atoms with Gasteiger partial charge in [0.25, 0.3) is 11.4 Å². The van der Waals surface area contributed by atoms with Crippen LogP contribution in [0.2, 0.25) is 0 Å². The van der Waals surface area contributed by atoms with Crippen LogP contribution >= 0.6 is 11.8 Å². The van der Waals surface area contributed by atoms with Gasteiger partial charge in [-0.05, 0) is 6.07 Å². The first-order valence-corrected chi connectivity index (χ1v) is 7.46. The fourth-order valence-corrected chi connectivity index (χ4v) is 2.53. The van der Waals surface area contributed by atoms with Crippen molar-refractivity contribution in [3.8, 4) is 0 Å². The first kappa shape index (κ1) is 15.8. The van der Waals surface area contributed by atoms with Crippen molar-refractivity contribution >= 4 is 29.3 Å². The number of hydrogen-bond donors (Lipinski definition) is 2. The molecule has 0 atom stereocenters. The molecule has 0 aliphatic carbocycles. The Morgan fingerprint density at radius 1 is 1.55 bits per heavy atom. The highest BCUT2D eigenvalue weighted by atomic mass is 32.2. The third kappa shape index (κ3) is 4.19. The van der Waals surface area contributed by atoms with Crippen molar-refractivity contribution < 1.29 is 9.78 Å². The molecule has 2 rings (SSSR count). The van der Waals surface area contributed by atoms with Crippen LogP contribution in [-0.4, -0.2) is 21.2 Å². The van der Waals surface area contributed by atoms with Crippen LogP contribution in [0, 0.1) is 0 Å². The average molecular weight is 318 g/mol. The number of rotatable bonds is 6. The Balaban J connectivity index is 2.06. The average Bonchev–Trinajstić information content (AvgIpc) is 2.49. The minimum Gasteiger partial charge on any atom is -0.385 e. The molecule has 0 aliphatic heterocycles. The van der Waals surface area contributed by atoms with Crippen molar-refractivity contribution in [2.24, 2.45) is 0 Å². The number of carbonyl (C=O) groups is 1. The largest absolute Gasteiger partial charge is 0.385 e. The van der Waals surface area contributed by atoms with Gasteiger partial charge in [-0.1, -0.05) is 23.9 Å². The predicted molar refractivity (Wildman–Crippen MR) is 85.5 cm³/mol. The zero-order valence-corrected chi connectivity index (χ0v) is 12.6. The van der Waals surface area contributed by atoms with Gasteiger partial charge in [-0.2, -0.15) is 4.98 Å². The molecule has 7 nitrogen and oxygen atoms in total. The van der Waals surface area contributed by atoms with Gasteiger partial charge in [0, 0.05) is 18.7 Å². The summed E-state index contributed by atoms with van der Waals surface area (Å²) >= 11 is 1.14. The lowest BCUT2D eigenvalue weighted by atomic mass is 10.4. The molecule has 4 N–H and O–H groups in total. The normalized spacial score (nSPS) is 10.2. The number of aromatic nitrogens is 3. The molecule has 0 radical (unpaired) electrons. The molecular formula is C14H16N5O2S+. The van der Waals surface area contributed by atoms with Gasteiger partial charge in [0.05, 0.1) is 6.20 Å². The van der Waals surface area contributed by atoms with Crippen molar-refractivity contribution in [2.75, 3.05) is 16.8 Å². The lowest BCUT2D eigenvalue weighted by Gasteiger charge is -2.11. The van der Waals surface area contributed by atoms with Crippen molar-refractivity contribution in [1.82, 2.24) is 9.55 Å². The number of nitrogens with two attached hydrogens (primary N) is 1. The monoisotopic (exact) mass is 318 g/mol. The van der Waals surface area contributed by atoms with Crippen LogP contribution in [0.5, 0.6) is 0 Å². The zero-order chi connectivity index (χ0) is 15.9. The summed E-state index contributed by atoms with van der Waals surface area (Å²) in [5.74, 6) is 0.779. The molecule has 0 saturated carbocycles. The standard InChI is InChI=1S/C14H15N5O2S/c1-2-7-19-10(15)8-12(20)18-14(19)22-9-13(21)17-11-5-3-4-6-16-11/h2-6,8H,1,7,9,15H2,(H,16,17,21)/p+1. The topological polar surface area (TPSA) is 104 Å². The van der Waals surface area contributed by atoms with Crippen molar-refractivity contribution in [2.45, 2.75) is 11.7 Å². The van der Waals surface area contributed by atoms with Crippen molar-refractivity contribution in [3.63, 3.8) is 0 Å². The molecule has 2 aromatic heterocycles. The number of nitrogens with one attached hydrogen (secondary N) is 2. The van der Waals surface area contributed by atoms with Gasteiger partial charge in [0.15, 0.2) is 5.16 Å². The minimum atomic E-state index is -0.433. The van der Waals surface area contributed by atoms with Crippen LogP contribution in [0.25, 0.3) is 0 Å². The number of pyridine rings is 1. The molecule has 2 aromatic rings. The van der Waals surface area contributed by atoms with Gasteiger partial charge < -0.3 is 10.3 Å². The molecule has 0 saturated heterocycles. The summed E-state index contributed by atoms with van der Waals surface area (Å²) in [6, 6.07) is 6.61. The Morgan fingerprint density at radius 3 is 3.05 bits per heavy atom. The number of H-pyrrole nitrogens is 1. The van der Waals surface area contributed by atoms with Crippen LogP contribution < -0.4 is 21.6 Å². The molecule has 0 fully saturated rings. The van der Waals surface area contributed by atoms with E-state index in [1.807, 2.05) is 6.07 Å². The van der Waals surface area contributed by atoms with E-state index >= 15 is 0 Å². The molecule has 22 heavy (non-hydrogen) atoms. The molecule has 0 bridgehead atoms. The van der Waals surface area contributed by atoms with Gasteiger partial charge in [-0.15, -0.1) is 6.58 Å². The van der Waals surface area contributed by atoms with Gasteiger partial charge in [-0.3, -0.25) is 4.79 Å². The van der Waals surface area contributed by atoms with Gasteiger partial charge >= 0.3 is 5.91 Å². The highest BCUT2D eigenvalue weighted by Gasteiger charge is 2.13. The molecule has 0 aliphatic rings. The van der Waals surface area contributed by atoms with E-state index in [1.165, 1.54) is 6.07 Å². The summed E-state index contributed by atoms with van der Waals surface area (Å²) in [4.78, 5) is 30.1. The Labute approximate surface area is 131 Å². The fourth-order valence-electron chi connectivity index (χ4n) is 1.71. The summed E-state index contributed by atoms with van der Waals surface area (Å²) in [5.41, 5.74) is 5.36. The first-order valence-electron chi connectivity index (χ1n) is 6.48. The quantitative estimate of drug-likeness (QED) is 0.460. The maximum atomic E-state index is 11.9. The lowest BCUT2D eigenvalue weighted by molar-refractivity contribution is -0.360. The van der Waals surface area contributed by atoms with Gasteiger partial charge in [-0.25, -0.2) is 15.1 Å². The van der Waals surface area contributed by atoms with Crippen molar-refractivity contribution in [3.05, 3.63) is 53.5 Å². The van der Waals surface area contributed by atoms with Gasteiger partial charge in [0.2, 0.25) is 0 Å². The number of hydrogen-bond acceptors (Lipinski definition) is 5. The van der Waals surface area contributed by atoms with Crippen LogP contribution in [0.1, 0.15) is 0 Å². The Bertz CT molecular complexity index is 730. The van der Waals surface area contributed by atoms with E-state index in [2.05, 4.69) is 21.9 Å². The van der Waals surface area contributed by atoms with E-state index in [9.17, 15) is 9.59 Å². The SMILES string of the molecule is C=CCn1c(N)cc(=O)nc1SCC(=O)Nc1cccc[nH+]1. The number of anilines is 2. The van der Waals surface area contributed by atoms with Crippen LogP contribution in [0.15, 0.2) is 53.1 Å². The second kappa shape index (κ2) is 7.41. The summed E-state index contributed by atoms with van der Waals surface area (Å²) < 4.78 is 1.63. The number of allylic oxidation sites excluding steroid dienone is 1. The van der Waals surface area contributed by atoms with Crippen LogP contribution in [-0.2, 0) is 11.3 Å². The zero-order valence-electron chi connectivity index (χ0n) is 11.8. The molecule has 0 spiro atoms. The molecular weight excluding hydrogens is 302 g/mol. The smallest absolute Gasteiger partial charge is 0.317 e. The Morgan fingerprint density at radius 2 is 2.36 bits per heavy atom. The fraction of sp³-hybridized carbons (Fsp3) is 0.143. The molecule has 8 heteroatoms. The summed E-state index contributed by atoms with van der Waals surface area (Å²) in [5, 5.41) is 3.10. The Kier molecular flexibility index (Phi) is 5.31. The molecule has 0 aromatic carbocycles. The number of amides is 1. The Hall–Kier alpha value is -2.61. The molecule has 2 heterocycles. The number of aromatic amines is 1.